The number of amides is 1. The summed E-state index contributed by atoms with van der Waals surface area (Å²) in [6.45, 7) is 2.08. The normalized spacial score (nSPS) is 12.1. The average Bonchev–Trinajstić information content (AvgIpc) is 2.83. The van der Waals surface area contributed by atoms with Gasteiger partial charge in [0.15, 0.2) is 0 Å². The number of carbonyl (C=O) groups is 1. The minimum absolute atomic E-state index is 0.0347. The van der Waals surface area contributed by atoms with E-state index in [1.54, 1.807) is 24.4 Å². The number of hydrogen-bond acceptors (Lipinski definition) is 3. The minimum atomic E-state index is -0.440. The van der Waals surface area contributed by atoms with Gasteiger partial charge in [-0.15, -0.1) is 0 Å². The van der Waals surface area contributed by atoms with Crippen LogP contribution in [-0.4, -0.2) is 15.7 Å². The zero-order chi connectivity index (χ0) is 14.5. The Balaban J connectivity index is 2.08. The lowest BCUT2D eigenvalue weighted by molar-refractivity contribution is -0.118. The van der Waals surface area contributed by atoms with Crippen LogP contribution in [0.4, 0.5) is 10.2 Å². The van der Waals surface area contributed by atoms with Crippen LogP contribution in [0.3, 0.4) is 0 Å². The second kappa shape index (κ2) is 6.18. The molecule has 20 heavy (non-hydrogen) atoms. The number of nitrogens with one attached hydrogen (secondary N) is 1. The van der Waals surface area contributed by atoms with Gasteiger partial charge in [-0.05, 0) is 24.1 Å². The summed E-state index contributed by atoms with van der Waals surface area (Å²) in [5.41, 5.74) is 6.10. The quantitative estimate of drug-likeness (QED) is 0.848. The van der Waals surface area contributed by atoms with Crippen molar-refractivity contribution in [1.29, 1.82) is 0 Å². The molecule has 0 bridgehead atoms. The molecule has 0 fully saturated rings. The third kappa shape index (κ3) is 3.57. The maximum Gasteiger partial charge on any atom is 0.239 e. The molecule has 1 amide bonds. The average molecular weight is 276 g/mol. The van der Waals surface area contributed by atoms with Crippen LogP contribution in [0.2, 0.25) is 0 Å². The van der Waals surface area contributed by atoms with Crippen molar-refractivity contribution in [2.45, 2.75) is 25.9 Å². The van der Waals surface area contributed by atoms with Gasteiger partial charge in [0.2, 0.25) is 5.91 Å². The van der Waals surface area contributed by atoms with Gasteiger partial charge in [0.05, 0.1) is 6.04 Å². The second-order valence-electron chi connectivity index (χ2n) is 4.52. The first kappa shape index (κ1) is 14.0. The highest BCUT2D eigenvalue weighted by molar-refractivity contribution is 5.73. The number of carbonyl (C=O) groups excluding carboxylic acids is 1. The lowest BCUT2D eigenvalue weighted by Crippen LogP contribution is -2.19. The molecule has 0 aliphatic carbocycles. The molecule has 0 saturated carbocycles. The van der Waals surface area contributed by atoms with Gasteiger partial charge in [0.25, 0.3) is 0 Å². The molecule has 3 N–H and O–H groups in total. The zero-order valence-electron chi connectivity index (χ0n) is 11.2. The van der Waals surface area contributed by atoms with E-state index < -0.39 is 5.91 Å². The summed E-state index contributed by atoms with van der Waals surface area (Å²) >= 11 is 0. The first-order valence-corrected chi connectivity index (χ1v) is 6.42. The number of aromatic nitrogens is 2. The zero-order valence-corrected chi connectivity index (χ0v) is 11.2. The van der Waals surface area contributed by atoms with Crippen LogP contribution >= 0.6 is 0 Å². The van der Waals surface area contributed by atoms with Gasteiger partial charge in [-0.25, -0.2) is 4.39 Å². The Morgan fingerprint density at radius 1 is 1.40 bits per heavy atom. The summed E-state index contributed by atoms with van der Waals surface area (Å²) in [7, 11) is 0. The van der Waals surface area contributed by atoms with Crippen LogP contribution in [0.15, 0.2) is 36.5 Å². The van der Waals surface area contributed by atoms with Crippen molar-refractivity contribution in [2.75, 3.05) is 5.32 Å². The lowest BCUT2D eigenvalue weighted by atomic mass is 10.0. The van der Waals surface area contributed by atoms with E-state index in [-0.39, 0.29) is 18.4 Å². The van der Waals surface area contributed by atoms with Gasteiger partial charge in [0, 0.05) is 12.3 Å². The molecule has 106 valence electrons. The van der Waals surface area contributed by atoms with Crippen molar-refractivity contribution in [3.63, 3.8) is 0 Å². The summed E-state index contributed by atoms with van der Waals surface area (Å²) in [6, 6.07) is 8.17. The van der Waals surface area contributed by atoms with Gasteiger partial charge in [-0.1, -0.05) is 19.1 Å². The van der Waals surface area contributed by atoms with Crippen molar-refractivity contribution in [2.24, 2.45) is 5.73 Å². The van der Waals surface area contributed by atoms with Gasteiger partial charge >= 0.3 is 0 Å². The summed E-state index contributed by atoms with van der Waals surface area (Å²) < 4.78 is 14.4. The molecule has 0 spiro atoms. The Kier molecular flexibility index (Phi) is 4.34. The maximum atomic E-state index is 12.9. The summed E-state index contributed by atoms with van der Waals surface area (Å²) in [5, 5.41) is 7.46. The highest BCUT2D eigenvalue weighted by atomic mass is 19.1. The summed E-state index contributed by atoms with van der Waals surface area (Å²) in [5.74, 6) is -0.0398. The summed E-state index contributed by atoms with van der Waals surface area (Å²) in [4.78, 5) is 10.8. The highest BCUT2D eigenvalue weighted by Gasteiger charge is 2.11. The Morgan fingerprint density at radius 2 is 2.10 bits per heavy atom. The molecule has 2 aromatic rings. The summed E-state index contributed by atoms with van der Waals surface area (Å²) in [6.07, 6.45) is 2.51. The van der Waals surface area contributed by atoms with E-state index >= 15 is 0 Å². The molecule has 1 aromatic carbocycles. The van der Waals surface area contributed by atoms with Crippen LogP contribution in [0.25, 0.3) is 0 Å². The fourth-order valence-corrected chi connectivity index (χ4v) is 1.98. The molecule has 0 unspecified atom stereocenters. The molecule has 0 aliphatic heterocycles. The number of hydrogen-bond donors (Lipinski definition) is 2. The van der Waals surface area contributed by atoms with E-state index in [9.17, 15) is 9.18 Å². The van der Waals surface area contributed by atoms with Crippen molar-refractivity contribution >= 4 is 11.7 Å². The predicted molar refractivity (Wildman–Crippen MR) is 74.5 cm³/mol. The van der Waals surface area contributed by atoms with E-state index in [0.29, 0.717) is 5.82 Å². The van der Waals surface area contributed by atoms with E-state index in [0.717, 1.165) is 12.0 Å². The first-order valence-electron chi connectivity index (χ1n) is 6.42. The largest absolute Gasteiger partial charge is 0.368 e. The number of rotatable bonds is 6. The molecule has 5 nitrogen and oxygen atoms in total. The smallest absolute Gasteiger partial charge is 0.239 e. The molecule has 1 aromatic heterocycles. The number of nitrogens with zero attached hydrogens (tertiary/aromatic N) is 2. The minimum Gasteiger partial charge on any atom is -0.368 e. The fraction of sp³-hybridized carbons (Fsp3) is 0.286. The Hall–Kier alpha value is -2.37. The standard InChI is InChI=1S/C14H17FN4O/c1-2-12(10-3-5-11(15)6-4-10)17-14-7-8-19(18-14)9-13(16)20/h3-8,12H,2,9H2,1H3,(H2,16,20)(H,17,18)/t12-/m0/s1. The van der Waals surface area contributed by atoms with E-state index in [4.69, 9.17) is 5.73 Å². The van der Waals surface area contributed by atoms with E-state index in [2.05, 4.69) is 10.4 Å². The highest BCUT2D eigenvalue weighted by Crippen LogP contribution is 2.21. The molecular formula is C14H17FN4O. The Morgan fingerprint density at radius 3 is 2.70 bits per heavy atom. The second-order valence-corrected chi connectivity index (χ2v) is 4.52. The lowest BCUT2D eigenvalue weighted by Gasteiger charge is -2.16. The number of halogens is 1. The van der Waals surface area contributed by atoms with Crippen LogP contribution in [0.5, 0.6) is 0 Å². The SMILES string of the molecule is CC[C@H](Nc1ccn(CC(N)=O)n1)c1ccc(F)cc1. The molecule has 6 heteroatoms. The van der Waals surface area contributed by atoms with Gasteiger partial charge in [-0.2, -0.15) is 5.10 Å². The van der Waals surface area contributed by atoms with Crippen molar-refractivity contribution in [3.05, 3.63) is 47.9 Å². The number of primary amides is 1. The molecule has 0 saturated heterocycles. The Bertz CT molecular complexity index is 579. The molecule has 0 radical (unpaired) electrons. The molecule has 2 rings (SSSR count). The molecular weight excluding hydrogens is 259 g/mol. The topological polar surface area (TPSA) is 72.9 Å². The van der Waals surface area contributed by atoms with Gasteiger partial charge in [0.1, 0.15) is 18.2 Å². The maximum absolute atomic E-state index is 12.9. The third-order valence-electron chi connectivity index (χ3n) is 2.96. The van der Waals surface area contributed by atoms with Gasteiger partial charge < -0.3 is 11.1 Å². The van der Waals surface area contributed by atoms with E-state index in [1.807, 2.05) is 6.92 Å². The van der Waals surface area contributed by atoms with Gasteiger partial charge in [-0.3, -0.25) is 9.48 Å². The predicted octanol–water partition coefficient (Wildman–Crippen LogP) is 2.07. The van der Waals surface area contributed by atoms with Crippen LogP contribution in [-0.2, 0) is 11.3 Å². The van der Waals surface area contributed by atoms with Crippen LogP contribution in [0.1, 0.15) is 24.9 Å². The van der Waals surface area contributed by atoms with E-state index in [1.165, 1.54) is 16.8 Å². The van der Waals surface area contributed by atoms with Crippen LogP contribution < -0.4 is 11.1 Å². The van der Waals surface area contributed by atoms with Crippen molar-refractivity contribution < 1.29 is 9.18 Å². The molecule has 0 aliphatic rings. The Labute approximate surface area is 116 Å². The molecule has 1 heterocycles. The molecule has 1 atom stereocenters. The number of nitrogens with two attached hydrogens (primary N) is 1. The number of anilines is 1. The van der Waals surface area contributed by atoms with Crippen LogP contribution in [0, 0.1) is 5.82 Å². The third-order valence-corrected chi connectivity index (χ3v) is 2.96. The monoisotopic (exact) mass is 276 g/mol. The number of benzene rings is 1. The van der Waals surface area contributed by atoms with Crippen molar-refractivity contribution in [1.82, 2.24) is 9.78 Å². The fourth-order valence-electron chi connectivity index (χ4n) is 1.98. The first-order chi connectivity index (χ1) is 9.58. The van der Waals surface area contributed by atoms with Crippen molar-refractivity contribution in [3.8, 4) is 0 Å².